The van der Waals surface area contributed by atoms with Gasteiger partial charge in [0.2, 0.25) is 0 Å². The third-order valence-corrected chi connectivity index (χ3v) is 1.15. The summed E-state index contributed by atoms with van der Waals surface area (Å²) in [6, 6.07) is 1.80. The largest absolute Gasteiger partial charge is 1.00 e. The summed E-state index contributed by atoms with van der Waals surface area (Å²) in [4.78, 5) is 0. The fourth-order valence-electron chi connectivity index (χ4n) is 0.406. The van der Waals surface area contributed by atoms with Gasteiger partial charge in [-0.3, -0.25) is 0 Å². The van der Waals surface area contributed by atoms with E-state index >= 15 is 0 Å². The molecule has 5 heteroatoms. The summed E-state index contributed by atoms with van der Waals surface area (Å²) in [5.74, 6) is 0.803. The topological polar surface area (TPSA) is 53.7 Å². The predicted octanol–water partition coefficient (Wildman–Crippen LogP) is -2.82. The molecule has 3 nitrogen and oxygen atoms in total. The van der Waals surface area contributed by atoms with Gasteiger partial charge in [0.15, 0.2) is 5.76 Å². The Labute approximate surface area is 67.1 Å². The molecule has 1 aromatic heterocycles. The molecule has 9 heavy (non-hydrogen) atoms. The fraction of sp³-hybridized carbons (Fsp3) is 0.250. The molecular formula is C4H6BrClN2O. The molecule has 0 radical (unpaired) electrons. The van der Waals surface area contributed by atoms with Gasteiger partial charge >= 0.3 is 0 Å². The Hall–Kier alpha value is -0.0600. The van der Waals surface area contributed by atoms with Crippen LogP contribution >= 0.6 is 15.9 Å². The van der Waals surface area contributed by atoms with Gasteiger partial charge in [0.25, 0.3) is 0 Å². The predicted molar refractivity (Wildman–Crippen MR) is 30.8 cm³/mol. The van der Waals surface area contributed by atoms with Crippen LogP contribution in [0.5, 0.6) is 0 Å². The highest BCUT2D eigenvalue weighted by atomic mass is 79.9. The summed E-state index contributed by atoms with van der Waals surface area (Å²) < 4.78 is 5.49. The van der Waals surface area contributed by atoms with Crippen LogP contribution in [0.1, 0.15) is 5.76 Å². The van der Waals surface area contributed by atoms with Crippen molar-refractivity contribution in [3.63, 3.8) is 0 Å². The molecule has 0 bridgehead atoms. The molecule has 0 aromatic carbocycles. The zero-order valence-electron chi connectivity index (χ0n) is 4.60. The molecule has 0 atom stereocenters. The Morgan fingerprint density at radius 1 is 1.78 bits per heavy atom. The molecule has 0 saturated carbocycles. The van der Waals surface area contributed by atoms with Crippen molar-refractivity contribution >= 4 is 15.9 Å². The van der Waals surface area contributed by atoms with Crippen molar-refractivity contribution in [2.75, 3.05) is 0 Å². The molecule has 0 amide bonds. The van der Waals surface area contributed by atoms with Crippen LogP contribution in [-0.2, 0) is 6.54 Å². The van der Waals surface area contributed by atoms with Gasteiger partial charge in [0.05, 0.1) is 0 Å². The van der Waals surface area contributed by atoms with Gasteiger partial charge in [-0.25, -0.2) is 0 Å². The van der Waals surface area contributed by atoms with E-state index in [1.807, 2.05) is 0 Å². The Kier molecular flexibility index (Phi) is 3.84. The Bertz CT molecular complexity index is 179. The molecule has 0 saturated heterocycles. The molecular weight excluding hydrogens is 207 g/mol. The third kappa shape index (κ3) is 2.34. The van der Waals surface area contributed by atoms with Crippen molar-refractivity contribution < 1.29 is 22.7 Å². The molecule has 0 aliphatic carbocycles. The van der Waals surface area contributed by atoms with E-state index in [1.54, 1.807) is 6.07 Å². The minimum atomic E-state index is 0. The van der Waals surface area contributed by atoms with Gasteiger partial charge < -0.3 is 22.7 Å². The molecule has 0 fully saturated rings. The number of hydrogen-bond acceptors (Lipinski definition) is 2. The summed E-state index contributed by atoms with van der Waals surface area (Å²) in [5.41, 5.74) is 3.61. The quantitative estimate of drug-likeness (QED) is 0.547. The second-order valence-electron chi connectivity index (χ2n) is 1.37. The number of nitrogens with zero attached hydrogens (tertiary/aromatic N) is 1. The monoisotopic (exact) mass is 212 g/mol. The lowest BCUT2D eigenvalue weighted by Crippen LogP contribution is -3.00. The third-order valence-electron chi connectivity index (χ3n) is 0.777. The summed E-state index contributed by atoms with van der Waals surface area (Å²) >= 11 is 3.14. The molecule has 0 spiro atoms. The lowest BCUT2D eigenvalue weighted by Gasteiger charge is -1.74. The smallest absolute Gasteiger partial charge is 0.191 e. The SMILES string of the molecule is [Cl-].[NH3+]Cc1cc(Br)no1. The molecule has 52 valence electrons. The molecule has 1 rings (SSSR count). The Morgan fingerprint density at radius 2 is 2.44 bits per heavy atom. The van der Waals surface area contributed by atoms with E-state index in [2.05, 4.69) is 26.8 Å². The standard InChI is InChI=1S/C4H5BrN2O.ClH/c5-4-1-3(2-6)8-7-4;/h1H,2,6H2;1H. The number of rotatable bonds is 1. The van der Waals surface area contributed by atoms with Crippen LogP contribution in [-0.4, -0.2) is 5.16 Å². The number of aromatic nitrogens is 1. The average Bonchev–Trinajstić information content (AvgIpc) is 2.14. The number of halogens is 2. The average molecular weight is 213 g/mol. The van der Waals surface area contributed by atoms with Gasteiger partial charge in [-0.05, 0) is 15.9 Å². The second-order valence-corrected chi connectivity index (χ2v) is 2.18. The van der Waals surface area contributed by atoms with Crippen LogP contribution in [0.15, 0.2) is 15.2 Å². The van der Waals surface area contributed by atoms with Crippen molar-refractivity contribution in [3.8, 4) is 0 Å². The maximum Gasteiger partial charge on any atom is 0.191 e. The van der Waals surface area contributed by atoms with Crippen LogP contribution in [0.3, 0.4) is 0 Å². The van der Waals surface area contributed by atoms with E-state index in [9.17, 15) is 0 Å². The highest BCUT2D eigenvalue weighted by molar-refractivity contribution is 9.10. The van der Waals surface area contributed by atoms with Crippen LogP contribution in [0, 0.1) is 0 Å². The van der Waals surface area contributed by atoms with E-state index in [4.69, 9.17) is 4.52 Å². The second kappa shape index (κ2) is 3.87. The van der Waals surface area contributed by atoms with Crippen molar-refractivity contribution in [1.29, 1.82) is 0 Å². The molecule has 0 aliphatic rings. The van der Waals surface area contributed by atoms with Crippen molar-refractivity contribution in [2.24, 2.45) is 0 Å². The van der Waals surface area contributed by atoms with Gasteiger partial charge in [0, 0.05) is 6.07 Å². The first-order valence-electron chi connectivity index (χ1n) is 2.23. The van der Waals surface area contributed by atoms with E-state index < -0.39 is 0 Å². The van der Waals surface area contributed by atoms with Crippen LogP contribution in [0.25, 0.3) is 0 Å². The summed E-state index contributed by atoms with van der Waals surface area (Å²) in [7, 11) is 0. The zero-order chi connectivity index (χ0) is 5.98. The normalized spacial score (nSPS) is 8.67. The Morgan fingerprint density at radius 3 is 2.67 bits per heavy atom. The van der Waals surface area contributed by atoms with E-state index in [1.165, 1.54) is 0 Å². The van der Waals surface area contributed by atoms with E-state index in [0.29, 0.717) is 6.54 Å². The maximum absolute atomic E-state index is 4.75. The molecule has 3 N–H and O–H groups in total. The molecule has 1 heterocycles. The van der Waals surface area contributed by atoms with Gasteiger partial charge in [0.1, 0.15) is 11.1 Å². The summed E-state index contributed by atoms with van der Waals surface area (Å²) in [5, 5.41) is 3.59. The van der Waals surface area contributed by atoms with Crippen molar-refractivity contribution in [1.82, 2.24) is 5.16 Å². The van der Waals surface area contributed by atoms with Crippen LogP contribution in [0.4, 0.5) is 0 Å². The first-order chi connectivity index (χ1) is 3.83. The Balaban J connectivity index is 0.000000640. The van der Waals surface area contributed by atoms with Gasteiger partial charge in [-0.1, -0.05) is 5.16 Å². The lowest BCUT2D eigenvalue weighted by molar-refractivity contribution is -0.390. The lowest BCUT2D eigenvalue weighted by atomic mass is 10.5. The molecule has 0 aliphatic heterocycles. The van der Waals surface area contributed by atoms with E-state index in [-0.39, 0.29) is 12.4 Å². The first kappa shape index (κ1) is 8.94. The highest BCUT2D eigenvalue weighted by Gasteiger charge is 1.97. The zero-order valence-corrected chi connectivity index (χ0v) is 6.94. The van der Waals surface area contributed by atoms with Gasteiger partial charge in [-0.15, -0.1) is 0 Å². The first-order valence-corrected chi connectivity index (χ1v) is 3.02. The minimum absolute atomic E-state index is 0. The highest BCUT2D eigenvalue weighted by Crippen LogP contribution is 2.07. The van der Waals surface area contributed by atoms with Crippen molar-refractivity contribution in [3.05, 3.63) is 16.4 Å². The number of quaternary nitrogens is 1. The summed E-state index contributed by atoms with van der Waals surface area (Å²) in [6.07, 6.45) is 0. The van der Waals surface area contributed by atoms with E-state index in [0.717, 1.165) is 10.4 Å². The minimum Gasteiger partial charge on any atom is -1.00 e. The molecule has 0 unspecified atom stereocenters. The number of hydrogen-bond donors (Lipinski definition) is 1. The van der Waals surface area contributed by atoms with Crippen LogP contribution < -0.4 is 18.1 Å². The maximum atomic E-state index is 4.75. The molecule has 1 aromatic rings. The van der Waals surface area contributed by atoms with Crippen molar-refractivity contribution in [2.45, 2.75) is 6.54 Å². The fourth-order valence-corrected chi connectivity index (χ4v) is 0.733. The summed E-state index contributed by atoms with van der Waals surface area (Å²) in [6.45, 7) is 0.651. The van der Waals surface area contributed by atoms with Crippen LogP contribution in [0.2, 0.25) is 0 Å². The van der Waals surface area contributed by atoms with Gasteiger partial charge in [-0.2, -0.15) is 0 Å².